The lowest BCUT2D eigenvalue weighted by Crippen LogP contribution is -2.17. The maximum absolute atomic E-state index is 13.0. The second kappa shape index (κ2) is 6.77. The Morgan fingerprint density at radius 1 is 1.30 bits per heavy atom. The summed E-state index contributed by atoms with van der Waals surface area (Å²) in [4.78, 5) is 14.7. The van der Waals surface area contributed by atoms with E-state index in [1.807, 2.05) is 6.07 Å². The Kier molecular flexibility index (Phi) is 4.79. The summed E-state index contributed by atoms with van der Waals surface area (Å²) < 4.78 is 13.0. The van der Waals surface area contributed by atoms with E-state index < -0.39 is 5.97 Å². The van der Waals surface area contributed by atoms with Gasteiger partial charge in [0.25, 0.3) is 0 Å². The number of benzene rings is 1. The lowest BCUT2D eigenvalue weighted by Gasteiger charge is -2.05. The van der Waals surface area contributed by atoms with Crippen LogP contribution in [0, 0.1) is 5.82 Å². The van der Waals surface area contributed by atoms with Crippen molar-refractivity contribution in [2.45, 2.75) is 13.0 Å². The third-order valence-corrected chi connectivity index (χ3v) is 2.86. The number of hydrogen-bond donors (Lipinski definition) is 2. The van der Waals surface area contributed by atoms with Crippen LogP contribution in [0.1, 0.15) is 21.6 Å². The van der Waals surface area contributed by atoms with E-state index in [4.69, 9.17) is 5.11 Å². The van der Waals surface area contributed by atoms with Gasteiger partial charge in [-0.25, -0.2) is 9.18 Å². The molecule has 2 aromatic rings. The fourth-order valence-electron chi connectivity index (χ4n) is 1.80. The summed E-state index contributed by atoms with van der Waals surface area (Å²) in [5.74, 6) is -1.21. The van der Waals surface area contributed by atoms with Crippen LogP contribution in [0.25, 0.3) is 0 Å². The molecule has 0 spiro atoms. The molecule has 0 bridgehead atoms. The second-order valence-electron chi connectivity index (χ2n) is 4.40. The van der Waals surface area contributed by atoms with E-state index in [0.717, 1.165) is 17.7 Å². The van der Waals surface area contributed by atoms with E-state index in [1.165, 1.54) is 24.4 Å². The minimum Gasteiger partial charge on any atom is -0.478 e. The number of rotatable bonds is 6. The first kappa shape index (κ1) is 14.1. The van der Waals surface area contributed by atoms with Gasteiger partial charge in [0.1, 0.15) is 5.82 Å². The molecule has 20 heavy (non-hydrogen) atoms. The molecule has 0 saturated heterocycles. The number of hydrogen-bond acceptors (Lipinski definition) is 3. The molecule has 5 heteroatoms. The van der Waals surface area contributed by atoms with Crippen LogP contribution in [-0.4, -0.2) is 22.6 Å². The average molecular weight is 274 g/mol. The Bertz CT molecular complexity index is 585. The van der Waals surface area contributed by atoms with Crippen LogP contribution < -0.4 is 5.32 Å². The SMILES string of the molecule is O=C(O)c1ccc(CNCCc2cccc(F)c2)nc1. The lowest BCUT2D eigenvalue weighted by molar-refractivity contribution is 0.0696. The summed E-state index contributed by atoms with van der Waals surface area (Å²) >= 11 is 0. The zero-order chi connectivity index (χ0) is 14.4. The molecule has 2 N–H and O–H groups in total. The van der Waals surface area contributed by atoms with Crippen LogP contribution >= 0.6 is 0 Å². The van der Waals surface area contributed by atoms with Gasteiger partial charge in [-0.15, -0.1) is 0 Å². The number of pyridine rings is 1. The normalized spacial score (nSPS) is 10.4. The van der Waals surface area contributed by atoms with Gasteiger partial charge >= 0.3 is 5.97 Å². The Morgan fingerprint density at radius 2 is 2.15 bits per heavy atom. The molecule has 1 aromatic heterocycles. The highest BCUT2D eigenvalue weighted by atomic mass is 19.1. The van der Waals surface area contributed by atoms with Gasteiger partial charge in [0.15, 0.2) is 0 Å². The first-order valence-corrected chi connectivity index (χ1v) is 6.28. The van der Waals surface area contributed by atoms with E-state index >= 15 is 0 Å². The minimum absolute atomic E-state index is 0.175. The lowest BCUT2D eigenvalue weighted by atomic mass is 10.1. The van der Waals surface area contributed by atoms with Gasteiger partial charge in [-0.3, -0.25) is 4.98 Å². The number of carboxylic acid groups (broad SMARTS) is 1. The Balaban J connectivity index is 1.77. The summed E-state index contributed by atoms with van der Waals surface area (Å²) in [5.41, 5.74) is 1.88. The first-order valence-electron chi connectivity index (χ1n) is 6.28. The Hall–Kier alpha value is -2.27. The van der Waals surface area contributed by atoms with Gasteiger partial charge < -0.3 is 10.4 Å². The van der Waals surface area contributed by atoms with Gasteiger partial charge in [0.05, 0.1) is 11.3 Å². The molecule has 0 radical (unpaired) electrons. The highest BCUT2D eigenvalue weighted by Gasteiger charge is 2.02. The van der Waals surface area contributed by atoms with Crippen molar-refractivity contribution in [1.82, 2.24) is 10.3 Å². The van der Waals surface area contributed by atoms with Crippen LogP contribution in [-0.2, 0) is 13.0 Å². The Morgan fingerprint density at radius 3 is 2.80 bits per heavy atom. The van der Waals surface area contributed by atoms with Gasteiger partial charge in [-0.05, 0) is 42.8 Å². The number of carbonyl (C=O) groups is 1. The summed E-state index contributed by atoms with van der Waals surface area (Å²) in [7, 11) is 0. The van der Waals surface area contributed by atoms with Crippen LogP contribution in [0.15, 0.2) is 42.6 Å². The summed E-state index contributed by atoms with van der Waals surface area (Å²) in [6.07, 6.45) is 2.07. The number of carboxylic acids is 1. The zero-order valence-corrected chi connectivity index (χ0v) is 10.8. The predicted molar refractivity (Wildman–Crippen MR) is 73.0 cm³/mol. The first-order chi connectivity index (χ1) is 9.65. The van der Waals surface area contributed by atoms with E-state index in [1.54, 1.807) is 12.1 Å². The highest BCUT2D eigenvalue weighted by molar-refractivity contribution is 5.87. The number of halogens is 1. The number of aromatic nitrogens is 1. The number of aromatic carboxylic acids is 1. The van der Waals surface area contributed by atoms with Crippen molar-refractivity contribution in [3.63, 3.8) is 0 Å². The smallest absolute Gasteiger partial charge is 0.337 e. The van der Waals surface area contributed by atoms with E-state index in [-0.39, 0.29) is 11.4 Å². The van der Waals surface area contributed by atoms with Gasteiger partial charge in [0.2, 0.25) is 0 Å². The maximum Gasteiger partial charge on any atom is 0.337 e. The van der Waals surface area contributed by atoms with Gasteiger partial charge in [0, 0.05) is 12.7 Å². The molecular formula is C15H15FN2O2. The zero-order valence-electron chi connectivity index (χ0n) is 10.8. The fourth-order valence-corrected chi connectivity index (χ4v) is 1.80. The van der Waals surface area contributed by atoms with Crippen molar-refractivity contribution in [3.05, 3.63) is 65.2 Å². The molecule has 0 aliphatic carbocycles. The molecule has 0 unspecified atom stereocenters. The summed E-state index contributed by atoms with van der Waals surface area (Å²) in [6, 6.07) is 9.71. The monoisotopic (exact) mass is 274 g/mol. The molecule has 4 nitrogen and oxygen atoms in total. The van der Waals surface area contributed by atoms with Gasteiger partial charge in [-0.1, -0.05) is 12.1 Å². The third-order valence-electron chi connectivity index (χ3n) is 2.86. The van der Waals surface area contributed by atoms with E-state index in [0.29, 0.717) is 13.1 Å². The topological polar surface area (TPSA) is 62.2 Å². The molecular weight excluding hydrogens is 259 g/mol. The molecule has 0 amide bonds. The standard InChI is InChI=1S/C15H15FN2O2/c16-13-3-1-2-11(8-13)6-7-17-10-14-5-4-12(9-18-14)15(19)20/h1-5,8-9,17H,6-7,10H2,(H,19,20). The molecule has 0 atom stereocenters. The third kappa shape index (κ3) is 4.13. The molecule has 1 aromatic carbocycles. The molecule has 0 fully saturated rings. The van der Waals surface area contributed by atoms with Crippen molar-refractivity contribution >= 4 is 5.97 Å². The van der Waals surface area contributed by atoms with E-state index in [9.17, 15) is 9.18 Å². The number of nitrogens with zero attached hydrogens (tertiary/aromatic N) is 1. The quantitative estimate of drug-likeness (QED) is 0.793. The van der Waals surface area contributed by atoms with Crippen molar-refractivity contribution < 1.29 is 14.3 Å². The second-order valence-corrected chi connectivity index (χ2v) is 4.40. The van der Waals surface area contributed by atoms with Crippen molar-refractivity contribution in [1.29, 1.82) is 0 Å². The van der Waals surface area contributed by atoms with Crippen LogP contribution in [0.4, 0.5) is 4.39 Å². The maximum atomic E-state index is 13.0. The number of nitrogens with one attached hydrogen (secondary N) is 1. The van der Waals surface area contributed by atoms with Crippen molar-refractivity contribution in [2.75, 3.05) is 6.54 Å². The van der Waals surface area contributed by atoms with Gasteiger partial charge in [-0.2, -0.15) is 0 Å². The molecule has 2 rings (SSSR count). The van der Waals surface area contributed by atoms with Crippen molar-refractivity contribution in [3.8, 4) is 0 Å². The molecule has 1 heterocycles. The minimum atomic E-state index is -0.983. The molecule has 104 valence electrons. The summed E-state index contributed by atoms with van der Waals surface area (Å²) in [6.45, 7) is 1.25. The van der Waals surface area contributed by atoms with Crippen molar-refractivity contribution in [2.24, 2.45) is 0 Å². The fraction of sp³-hybridized carbons (Fsp3) is 0.200. The molecule has 0 saturated carbocycles. The molecule has 0 aliphatic rings. The molecule has 0 aliphatic heterocycles. The highest BCUT2D eigenvalue weighted by Crippen LogP contribution is 2.04. The average Bonchev–Trinajstić information content (AvgIpc) is 2.44. The largest absolute Gasteiger partial charge is 0.478 e. The van der Waals surface area contributed by atoms with Crippen LogP contribution in [0.2, 0.25) is 0 Å². The van der Waals surface area contributed by atoms with Crippen LogP contribution in [0.5, 0.6) is 0 Å². The Labute approximate surface area is 116 Å². The predicted octanol–water partition coefficient (Wildman–Crippen LogP) is 2.25. The van der Waals surface area contributed by atoms with Crippen LogP contribution in [0.3, 0.4) is 0 Å². The summed E-state index contributed by atoms with van der Waals surface area (Å²) in [5, 5.41) is 11.9. The van der Waals surface area contributed by atoms with E-state index in [2.05, 4.69) is 10.3 Å².